The number of rotatable bonds is 4. The first-order valence-electron chi connectivity index (χ1n) is 6.87. The van der Waals surface area contributed by atoms with Crippen molar-refractivity contribution in [3.8, 4) is 5.69 Å². The average Bonchev–Trinajstić information content (AvgIpc) is 2.82. The fourth-order valence-electron chi connectivity index (χ4n) is 2.31. The van der Waals surface area contributed by atoms with Crippen LogP contribution in [0.4, 0.5) is 5.69 Å². The third-order valence-corrected chi connectivity index (χ3v) is 3.33. The molecule has 2 aromatic heterocycles. The molecule has 5 nitrogen and oxygen atoms in total. The lowest BCUT2D eigenvalue weighted by molar-refractivity contribution is 0.833. The molecule has 1 N–H and O–H groups in total. The fourth-order valence-corrected chi connectivity index (χ4v) is 2.31. The summed E-state index contributed by atoms with van der Waals surface area (Å²) >= 11 is 0. The molecule has 0 aliphatic carbocycles. The van der Waals surface area contributed by atoms with E-state index in [0.717, 1.165) is 28.6 Å². The van der Waals surface area contributed by atoms with E-state index < -0.39 is 0 Å². The van der Waals surface area contributed by atoms with E-state index in [9.17, 15) is 0 Å². The van der Waals surface area contributed by atoms with E-state index in [2.05, 4.69) is 27.3 Å². The maximum atomic E-state index is 4.61. The highest BCUT2D eigenvalue weighted by molar-refractivity contribution is 5.54. The van der Waals surface area contributed by atoms with E-state index in [4.69, 9.17) is 0 Å². The van der Waals surface area contributed by atoms with Gasteiger partial charge in [-0.05, 0) is 32.0 Å². The number of nitrogens with zero attached hydrogens (tertiary/aromatic N) is 4. The van der Waals surface area contributed by atoms with E-state index >= 15 is 0 Å². The largest absolute Gasteiger partial charge is 0.375 e. The highest BCUT2D eigenvalue weighted by Crippen LogP contribution is 2.22. The highest BCUT2D eigenvalue weighted by atomic mass is 15.3. The van der Waals surface area contributed by atoms with Gasteiger partial charge in [-0.2, -0.15) is 5.10 Å². The van der Waals surface area contributed by atoms with E-state index in [1.165, 1.54) is 0 Å². The molecule has 3 aromatic rings. The number of hydrogen-bond donors (Lipinski definition) is 1. The number of benzene rings is 1. The summed E-state index contributed by atoms with van der Waals surface area (Å²) in [6.45, 7) is 4.64. The minimum atomic E-state index is 0.586. The number of para-hydroxylation sites is 1. The van der Waals surface area contributed by atoms with Crippen LogP contribution in [0.2, 0.25) is 0 Å². The number of nitrogens with one attached hydrogen (secondary N) is 1. The smallest absolute Gasteiger partial charge is 0.147 e. The zero-order chi connectivity index (χ0) is 14.7. The van der Waals surface area contributed by atoms with Crippen LogP contribution in [0.3, 0.4) is 0 Å². The van der Waals surface area contributed by atoms with Crippen LogP contribution in [-0.4, -0.2) is 19.7 Å². The number of aromatic nitrogens is 4. The van der Waals surface area contributed by atoms with Crippen LogP contribution in [0.1, 0.15) is 17.2 Å². The molecule has 0 unspecified atom stereocenters. The topological polar surface area (TPSA) is 55.6 Å². The van der Waals surface area contributed by atoms with Crippen molar-refractivity contribution in [3.05, 3.63) is 66.0 Å². The molecule has 0 spiro atoms. The minimum absolute atomic E-state index is 0.586. The Morgan fingerprint density at radius 3 is 2.43 bits per heavy atom. The van der Waals surface area contributed by atoms with Gasteiger partial charge in [0.05, 0.1) is 29.3 Å². The Kier molecular flexibility index (Phi) is 3.64. The molecule has 0 aliphatic heterocycles. The molecule has 106 valence electrons. The molecule has 21 heavy (non-hydrogen) atoms. The van der Waals surface area contributed by atoms with Crippen LogP contribution in [0.5, 0.6) is 0 Å². The zero-order valence-corrected chi connectivity index (χ0v) is 12.1. The van der Waals surface area contributed by atoms with Crippen molar-refractivity contribution in [2.45, 2.75) is 20.4 Å². The first-order chi connectivity index (χ1) is 10.3. The summed E-state index contributed by atoms with van der Waals surface area (Å²) in [5.74, 6) is 0.767. The Morgan fingerprint density at radius 1 is 1.00 bits per heavy atom. The molecule has 0 fully saturated rings. The molecule has 3 rings (SSSR count). The lowest BCUT2D eigenvalue weighted by Gasteiger charge is -2.07. The quantitative estimate of drug-likeness (QED) is 0.798. The van der Waals surface area contributed by atoms with Gasteiger partial charge in [-0.3, -0.25) is 0 Å². The number of aryl methyl sites for hydroxylation is 1. The first kappa shape index (κ1) is 13.3. The predicted octanol–water partition coefficient (Wildman–Crippen LogP) is 2.89. The van der Waals surface area contributed by atoms with Crippen molar-refractivity contribution in [2.24, 2.45) is 0 Å². The first-order valence-corrected chi connectivity index (χ1v) is 6.87. The lowest BCUT2D eigenvalue weighted by atomic mass is 10.3. The van der Waals surface area contributed by atoms with Crippen LogP contribution < -0.4 is 5.32 Å². The second-order valence-corrected chi connectivity index (χ2v) is 4.81. The summed E-state index contributed by atoms with van der Waals surface area (Å²) in [5.41, 5.74) is 4.13. The molecule has 0 aliphatic rings. The van der Waals surface area contributed by atoms with Gasteiger partial charge in [-0.1, -0.05) is 18.2 Å². The normalized spacial score (nSPS) is 10.6. The van der Waals surface area contributed by atoms with Gasteiger partial charge in [-0.15, -0.1) is 0 Å². The highest BCUT2D eigenvalue weighted by Gasteiger charge is 2.12. The van der Waals surface area contributed by atoms with Crippen molar-refractivity contribution < 1.29 is 0 Å². The van der Waals surface area contributed by atoms with Gasteiger partial charge in [0, 0.05) is 12.4 Å². The maximum Gasteiger partial charge on any atom is 0.147 e. The van der Waals surface area contributed by atoms with Crippen molar-refractivity contribution in [2.75, 3.05) is 5.32 Å². The van der Waals surface area contributed by atoms with Gasteiger partial charge in [0.2, 0.25) is 0 Å². The Labute approximate surface area is 123 Å². The van der Waals surface area contributed by atoms with Gasteiger partial charge >= 0.3 is 0 Å². The fraction of sp³-hybridized carbons (Fsp3) is 0.188. The Hall–Kier alpha value is -2.69. The molecule has 0 amide bonds. The lowest BCUT2D eigenvalue weighted by Crippen LogP contribution is -2.05. The molecule has 0 saturated heterocycles. The molecule has 0 bridgehead atoms. The summed E-state index contributed by atoms with van der Waals surface area (Å²) in [6, 6.07) is 11.9. The SMILES string of the molecule is Cc1nn(-c2ccccc2)c(C)c1NCc1ncccn1. The Bertz CT molecular complexity index is 719. The Balaban J connectivity index is 1.85. The van der Waals surface area contributed by atoms with E-state index in [-0.39, 0.29) is 0 Å². The molecule has 2 heterocycles. The number of hydrogen-bond acceptors (Lipinski definition) is 4. The van der Waals surface area contributed by atoms with Gasteiger partial charge in [0.25, 0.3) is 0 Å². The summed E-state index contributed by atoms with van der Waals surface area (Å²) < 4.78 is 1.95. The van der Waals surface area contributed by atoms with Crippen molar-refractivity contribution in [1.29, 1.82) is 0 Å². The molecule has 1 aromatic carbocycles. The standard InChI is InChI=1S/C16H17N5/c1-12-16(19-11-15-17-9-6-10-18-15)13(2)21(20-12)14-7-4-3-5-8-14/h3-10,19H,11H2,1-2H3. The zero-order valence-electron chi connectivity index (χ0n) is 12.1. The second-order valence-electron chi connectivity index (χ2n) is 4.81. The molecular formula is C16H17N5. The monoisotopic (exact) mass is 279 g/mol. The summed E-state index contributed by atoms with van der Waals surface area (Å²) in [7, 11) is 0. The van der Waals surface area contributed by atoms with E-state index in [0.29, 0.717) is 6.54 Å². The summed E-state index contributed by atoms with van der Waals surface area (Å²) in [6.07, 6.45) is 3.49. The van der Waals surface area contributed by atoms with E-state index in [1.54, 1.807) is 12.4 Å². The summed E-state index contributed by atoms with van der Waals surface area (Å²) in [5, 5.41) is 7.99. The van der Waals surface area contributed by atoms with Gasteiger partial charge in [-0.25, -0.2) is 14.6 Å². The molecular weight excluding hydrogens is 262 g/mol. The summed E-state index contributed by atoms with van der Waals surface area (Å²) in [4.78, 5) is 8.43. The van der Waals surface area contributed by atoms with Gasteiger partial charge in [0.1, 0.15) is 5.82 Å². The Morgan fingerprint density at radius 2 is 1.71 bits per heavy atom. The van der Waals surface area contributed by atoms with Crippen LogP contribution in [0.25, 0.3) is 5.69 Å². The molecule has 0 radical (unpaired) electrons. The van der Waals surface area contributed by atoms with Crippen LogP contribution in [-0.2, 0) is 6.54 Å². The van der Waals surface area contributed by atoms with Gasteiger partial charge in [0.15, 0.2) is 0 Å². The van der Waals surface area contributed by atoms with E-state index in [1.807, 2.05) is 48.0 Å². The predicted molar refractivity (Wildman–Crippen MR) is 82.4 cm³/mol. The van der Waals surface area contributed by atoms with Crippen molar-refractivity contribution in [1.82, 2.24) is 19.7 Å². The third kappa shape index (κ3) is 2.76. The molecule has 5 heteroatoms. The van der Waals surface area contributed by atoms with Crippen molar-refractivity contribution in [3.63, 3.8) is 0 Å². The minimum Gasteiger partial charge on any atom is -0.375 e. The average molecular weight is 279 g/mol. The van der Waals surface area contributed by atoms with Crippen molar-refractivity contribution >= 4 is 5.69 Å². The molecule has 0 atom stereocenters. The number of anilines is 1. The second kappa shape index (κ2) is 5.75. The third-order valence-electron chi connectivity index (χ3n) is 3.33. The van der Waals surface area contributed by atoms with Crippen LogP contribution in [0.15, 0.2) is 48.8 Å². The molecule has 0 saturated carbocycles. The van der Waals surface area contributed by atoms with Gasteiger partial charge < -0.3 is 5.32 Å². The van der Waals surface area contributed by atoms with Crippen LogP contribution in [0, 0.1) is 13.8 Å². The van der Waals surface area contributed by atoms with Crippen LogP contribution >= 0.6 is 0 Å². The maximum absolute atomic E-state index is 4.61.